The van der Waals surface area contributed by atoms with E-state index in [9.17, 15) is 18.4 Å². The number of hydrogen-bond acceptors (Lipinski definition) is 3. The molecule has 1 aromatic carbocycles. The highest BCUT2D eigenvalue weighted by Gasteiger charge is 2.43. The summed E-state index contributed by atoms with van der Waals surface area (Å²) in [6, 6.07) is 1.61. The van der Waals surface area contributed by atoms with Gasteiger partial charge < -0.3 is 5.32 Å². The van der Waals surface area contributed by atoms with Crippen LogP contribution in [0.5, 0.6) is 0 Å². The first kappa shape index (κ1) is 14.1. The van der Waals surface area contributed by atoms with E-state index in [0.717, 1.165) is 23.5 Å². The van der Waals surface area contributed by atoms with Crippen LogP contribution >= 0.6 is 0 Å². The minimum absolute atomic E-state index is 0.0503. The molecule has 2 heterocycles. The SMILES string of the molecule is CC1CCC(N2C(=O)c3cc(F)c(F)cc3C2=O)C(C)N1. The first-order chi connectivity index (χ1) is 9.90. The van der Waals surface area contributed by atoms with Crippen LogP contribution in [0.15, 0.2) is 12.1 Å². The van der Waals surface area contributed by atoms with E-state index in [4.69, 9.17) is 0 Å². The molecule has 1 aromatic rings. The zero-order valence-corrected chi connectivity index (χ0v) is 11.8. The van der Waals surface area contributed by atoms with Gasteiger partial charge in [0, 0.05) is 12.1 Å². The number of nitrogens with one attached hydrogen (secondary N) is 1. The third kappa shape index (κ3) is 2.14. The molecule has 0 spiro atoms. The van der Waals surface area contributed by atoms with Crippen LogP contribution in [-0.2, 0) is 0 Å². The number of rotatable bonds is 1. The van der Waals surface area contributed by atoms with Crippen LogP contribution in [0, 0.1) is 11.6 Å². The molecule has 0 radical (unpaired) electrons. The normalized spacial score (nSPS) is 29.0. The molecule has 2 amide bonds. The van der Waals surface area contributed by atoms with Gasteiger partial charge in [0.05, 0.1) is 17.2 Å². The van der Waals surface area contributed by atoms with Crippen LogP contribution in [0.25, 0.3) is 0 Å². The van der Waals surface area contributed by atoms with Crippen LogP contribution < -0.4 is 5.32 Å². The molecule has 6 heteroatoms. The van der Waals surface area contributed by atoms with Crippen LogP contribution in [0.2, 0.25) is 0 Å². The van der Waals surface area contributed by atoms with E-state index in [1.54, 1.807) is 0 Å². The molecule has 3 rings (SSSR count). The van der Waals surface area contributed by atoms with Gasteiger partial charge in [-0.15, -0.1) is 0 Å². The maximum atomic E-state index is 13.3. The van der Waals surface area contributed by atoms with Crippen molar-refractivity contribution in [1.29, 1.82) is 0 Å². The Kier molecular flexibility index (Phi) is 3.28. The number of carbonyl (C=O) groups excluding carboxylic acids is 2. The lowest BCUT2D eigenvalue weighted by Crippen LogP contribution is -2.56. The third-order valence-corrected chi connectivity index (χ3v) is 4.31. The summed E-state index contributed by atoms with van der Waals surface area (Å²) in [4.78, 5) is 25.9. The largest absolute Gasteiger partial charge is 0.310 e. The number of amides is 2. The van der Waals surface area contributed by atoms with Crippen LogP contribution in [0.4, 0.5) is 8.78 Å². The van der Waals surface area contributed by atoms with Gasteiger partial charge in [-0.3, -0.25) is 14.5 Å². The molecular formula is C15H16F2N2O2. The maximum Gasteiger partial charge on any atom is 0.261 e. The lowest BCUT2D eigenvalue weighted by molar-refractivity contribution is 0.0504. The monoisotopic (exact) mass is 294 g/mol. The Morgan fingerprint density at radius 1 is 1.05 bits per heavy atom. The van der Waals surface area contributed by atoms with Crippen molar-refractivity contribution in [3.63, 3.8) is 0 Å². The molecule has 0 aliphatic carbocycles. The molecule has 0 aromatic heterocycles. The molecule has 112 valence electrons. The average Bonchev–Trinajstić information content (AvgIpc) is 2.64. The lowest BCUT2D eigenvalue weighted by atomic mass is 9.94. The lowest BCUT2D eigenvalue weighted by Gasteiger charge is -2.38. The molecule has 21 heavy (non-hydrogen) atoms. The van der Waals surface area contributed by atoms with Crippen molar-refractivity contribution in [3.8, 4) is 0 Å². The Balaban J connectivity index is 1.96. The summed E-state index contributed by atoms with van der Waals surface area (Å²) in [5.74, 6) is -3.30. The first-order valence-electron chi connectivity index (χ1n) is 7.03. The fraction of sp³-hybridized carbons (Fsp3) is 0.467. The van der Waals surface area contributed by atoms with Gasteiger partial charge >= 0.3 is 0 Å². The Morgan fingerprint density at radius 2 is 1.57 bits per heavy atom. The number of nitrogens with zero attached hydrogens (tertiary/aromatic N) is 1. The molecule has 0 saturated carbocycles. The van der Waals surface area contributed by atoms with E-state index < -0.39 is 23.4 Å². The summed E-state index contributed by atoms with van der Waals surface area (Å²) < 4.78 is 26.6. The third-order valence-electron chi connectivity index (χ3n) is 4.31. The summed E-state index contributed by atoms with van der Waals surface area (Å²) in [5, 5.41) is 3.30. The van der Waals surface area contributed by atoms with Gasteiger partial charge in [-0.1, -0.05) is 0 Å². The van der Waals surface area contributed by atoms with E-state index in [1.165, 1.54) is 0 Å². The second-order valence-electron chi connectivity index (χ2n) is 5.79. The van der Waals surface area contributed by atoms with E-state index in [1.807, 2.05) is 13.8 Å². The number of hydrogen-bond donors (Lipinski definition) is 1. The van der Waals surface area contributed by atoms with Crippen molar-refractivity contribution in [2.75, 3.05) is 0 Å². The van der Waals surface area contributed by atoms with Crippen molar-refractivity contribution >= 4 is 11.8 Å². The molecule has 1 N–H and O–H groups in total. The quantitative estimate of drug-likeness (QED) is 0.807. The molecule has 1 fully saturated rings. The molecule has 1 saturated heterocycles. The second kappa shape index (κ2) is 4.87. The minimum atomic E-state index is -1.11. The summed E-state index contributed by atoms with van der Waals surface area (Å²) >= 11 is 0. The number of fused-ring (bicyclic) bond motifs is 1. The van der Waals surface area contributed by atoms with Gasteiger partial charge in [0.25, 0.3) is 11.8 Å². The number of halogens is 2. The van der Waals surface area contributed by atoms with E-state index in [0.29, 0.717) is 12.5 Å². The van der Waals surface area contributed by atoms with Crippen molar-refractivity contribution in [2.45, 2.75) is 44.8 Å². The van der Waals surface area contributed by atoms with Gasteiger partial charge in [-0.25, -0.2) is 8.78 Å². The Labute approximate surface area is 121 Å². The van der Waals surface area contributed by atoms with Gasteiger partial charge in [0.15, 0.2) is 11.6 Å². The maximum absolute atomic E-state index is 13.3. The number of carbonyl (C=O) groups is 2. The van der Waals surface area contributed by atoms with E-state index >= 15 is 0 Å². The number of imide groups is 1. The Hall–Kier alpha value is -1.82. The summed E-state index contributed by atoms with van der Waals surface area (Å²) in [6.07, 6.45) is 1.52. The molecule has 3 unspecified atom stereocenters. The van der Waals surface area contributed by atoms with E-state index in [2.05, 4.69) is 5.32 Å². The smallest absolute Gasteiger partial charge is 0.261 e. The Bertz CT molecular complexity index is 591. The van der Waals surface area contributed by atoms with Gasteiger partial charge in [-0.2, -0.15) is 0 Å². The predicted octanol–water partition coefficient (Wildman–Crippen LogP) is 2.09. The van der Waals surface area contributed by atoms with Crippen LogP contribution in [0.1, 0.15) is 47.4 Å². The van der Waals surface area contributed by atoms with Crippen molar-refractivity contribution < 1.29 is 18.4 Å². The minimum Gasteiger partial charge on any atom is -0.310 e. The molecular weight excluding hydrogens is 278 g/mol. The molecule has 4 nitrogen and oxygen atoms in total. The highest BCUT2D eigenvalue weighted by atomic mass is 19.2. The van der Waals surface area contributed by atoms with Crippen LogP contribution in [-0.4, -0.2) is 34.8 Å². The highest BCUT2D eigenvalue weighted by molar-refractivity contribution is 6.21. The fourth-order valence-electron chi connectivity index (χ4n) is 3.22. The first-order valence-corrected chi connectivity index (χ1v) is 7.03. The van der Waals surface area contributed by atoms with Crippen molar-refractivity contribution in [2.24, 2.45) is 0 Å². The molecule has 3 atom stereocenters. The summed E-state index contributed by atoms with van der Waals surface area (Å²) in [6.45, 7) is 3.95. The molecule has 0 bridgehead atoms. The van der Waals surface area contributed by atoms with Crippen LogP contribution in [0.3, 0.4) is 0 Å². The standard InChI is InChI=1S/C15H16F2N2O2/c1-7-3-4-13(8(2)18-7)19-14(20)9-5-11(16)12(17)6-10(9)15(19)21/h5-8,13,18H,3-4H2,1-2H3. The second-order valence-corrected chi connectivity index (χ2v) is 5.79. The molecule has 2 aliphatic rings. The van der Waals surface area contributed by atoms with Gasteiger partial charge in [0.1, 0.15) is 0 Å². The van der Waals surface area contributed by atoms with Gasteiger partial charge in [-0.05, 0) is 38.8 Å². The highest BCUT2D eigenvalue weighted by Crippen LogP contribution is 2.30. The fourth-order valence-corrected chi connectivity index (χ4v) is 3.22. The topological polar surface area (TPSA) is 49.4 Å². The Morgan fingerprint density at radius 3 is 2.05 bits per heavy atom. The zero-order valence-electron chi connectivity index (χ0n) is 11.8. The van der Waals surface area contributed by atoms with Gasteiger partial charge in [0.2, 0.25) is 0 Å². The predicted molar refractivity (Wildman–Crippen MR) is 71.9 cm³/mol. The van der Waals surface area contributed by atoms with Crippen molar-refractivity contribution in [1.82, 2.24) is 10.2 Å². The summed E-state index contributed by atoms with van der Waals surface area (Å²) in [7, 11) is 0. The average molecular weight is 294 g/mol. The summed E-state index contributed by atoms with van der Waals surface area (Å²) in [5.41, 5.74) is -0.102. The number of piperidine rings is 1. The zero-order chi connectivity index (χ0) is 15.3. The van der Waals surface area contributed by atoms with Crippen molar-refractivity contribution in [3.05, 3.63) is 34.9 Å². The number of benzene rings is 1. The molecule has 2 aliphatic heterocycles. The van der Waals surface area contributed by atoms with E-state index in [-0.39, 0.29) is 23.2 Å².